The molecule has 3 rings (SSSR count). The van der Waals surface area contributed by atoms with Crippen molar-refractivity contribution in [3.05, 3.63) is 113 Å². The number of allylic oxidation sites excluding steroid dienone is 2. The number of aryl methyl sites for hydroxylation is 1. The summed E-state index contributed by atoms with van der Waals surface area (Å²) in [4.78, 5) is 16.9. The molecule has 0 unspecified atom stereocenters. The summed E-state index contributed by atoms with van der Waals surface area (Å²) in [6, 6.07) is 27.9. The van der Waals surface area contributed by atoms with Gasteiger partial charge in [0.2, 0.25) is 0 Å². The average Bonchev–Trinajstić information content (AvgIpc) is 2.84. The highest BCUT2D eigenvalue weighted by Crippen LogP contribution is 2.25. The largest absolute Gasteiger partial charge is 0.482 e. The Kier molecular flexibility index (Phi) is 9.55. The molecule has 0 atom stereocenters. The number of benzene rings is 3. The number of ether oxygens (including phenoxy) is 1. The van der Waals surface area contributed by atoms with E-state index in [4.69, 9.17) is 14.7 Å². The van der Waals surface area contributed by atoms with E-state index in [-0.39, 0.29) is 12.7 Å². The van der Waals surface area contributed by atoms with Gasteiger partial charge in [0.15, 0.2) is 6.61 Å². The van der Waals surface area contributed by atoms with E-state index in [2.05, 4.69) is 42.7 Å². The Balaban J connectivity index is 1.63. The van der Waals surface area contributed by atoms with Crippen LogP contribution in [0.5, 0.6) is 5.75 Å². The van der Waals surface area contributed by atoms with Gasteiger partial charge in [0.05, 0.1) is 0 Å². The SMILES string of the molecule is CCCC(=CCCc1cccc(OCC(=O)O)c1)NOC(c1ccccc1)c1ccccc1. The minimum Gasteiger partial charge on any atom is -0.482 e. The summed E-state index contributed by atoms with van der Waals surface area (Å²) in [7, 11) is 0. The van der Waals surface area contributed by atoms with Crippen molar-refractivity contribution in [1.29, 1.82) is 0 Å². The second-order valence-electron chi connectivity index (χ2n) is 7.77. The third-order valence-electron chi connectivity index (χ3n) is 5.12. The summed E-state index contributed by atoms with van der Waals surface area (Å²) in [5, 5.41) is 8.78. The maximum absolute atomic E-state index is 10.7. The number of carbonyl (C=O) groups is 1. The first-order valence-corrected chi connectivity index (χ1v) is 11.3. The van der Waals surface area contributed by atoms with Crippen LogP contribution in [0.4, 0.5) is 0 Å². The molecule has 0 fully saturated rings. The molecule has 0 saturated heterocycles. The Morgan fingerprint density at radius 1 is 0.970 bits per heavy atom. The van der Waals surface area contributed by atoms with Gasteiger partial charge in [-0.05, 0) is 48.1 Å². The predicted molar refractivity (Wildman–Crippen MR) is 130 cm³/mol. The summed E-state index contributed by atoms with van der Waals surface area (Å²) in [6.07, 6.45) is 5.49. The van der Waals surface area contributed by atoms with Crippen molar-refractivity contribution >= 4 is 5.97 Å². The summed E-state index contributed by atoms with van der Waals surface area (Å²) in [5.74, 6) is -0.411. The topological polar surface area (TPSA) is 67.8 Å². The third-order valence-corrected chi connectivity index (χ3v) is 5.12. The van der Waals surface area contributed by atoms with E-state index in [9.17, 15) is 4.79 Å². The minimum atomic E-state index is -0.983. The third kappa shape index (κ3) is 8.13. The van der Waals surface area contributed by atoms with Gasteiger partial charge >= 0.3 is 5.97 Å². The van der Waals surface area contributed by atoms with Gasteiger partial charge in [0.1, 0.15) is 11.9 Å². The molecule has 3 aromatic carbocycles. The maximum Gasteiger partial charge on any atom is 0.341 e. The highest BCUT2D eigenvalue weighted by Gasteiger charge is 2.15. The van der Waals surface area contributed by atoms with Gasteiger partial charge in [0.25, 0.3) is 0 Å². The van der Waals surface area contributed by atoms with Crippen molar-refractivity contribution in [2.75, 3.05) is 6.61 Å². The van der Waals surface area contributed by atoms with Crippen molar-refractivity contribution in [1.82, 2.24) is 5.48 Å². The van der Waals surface area contributed by atoms with Crippen molar-refractivity contribution < 1.29 is 19.5 Å². The first-order chi connectivity index (χ1) is 16.2. The molecule has 0 aromatic heterocycles. The van der Waals surface area contributed by atoms with Crippen LogP contribution in [0.1, 0.15) is 49.0 Å². The van der Waals surface area contributed by atoms with Gasteiger partial charge in [-0.15, -0.1) is 0 Å². The second-order valence-corrected chi connectivity index (χ2v) is 7.77. The Morgan fingerprint density at radius 2 is 1.64 bits per heavy atom. The number of carboxylic acid groups (broad SMARTS) is 1. The van der Waals surface area contributed by atoms with Crippen LogP contribution in [0.15, 0.2) is 96.7 Å². The monoisotopic (exact) mass is 445 g/mol. The number of nitrogens with one attached hydrogen (secondary N) is 1. The van der Waals surface area contributed by atoms with Crippen molar-refractivity contribution in [2.24, 2.45) is 0 Å². The Morgan fingerprint density at radius 3 is 2.24 bits per heavy atom. The lowest BCUT2D eigenvalue weighted by molar-refractivity contribution is -0.139. The van der Waals surface area contributed by atoms with Crippen LogP contribution in [0.3, 0.4) is 0 Å². The fourth-order valence-electron chi connectivity index (χ4n) is 3.53. The predicted octanol–water partition coefficient (Wildman–Crippen LogP) is 6.08. The highest BCUT2D eigenvalue weighted by atomic mass is 16.7. The normalized spacial score (nSPS) is 11.4. The van der Waals surface area contributed by atoms with E-state index in [1.54, 1.807) is 6.07 Å². The van der Waals surface area contributed by atoms with Crippen LogP contribution in [0.25, 0.3) is 0 Å². The molecule has 0 bridgehead atoms. The number of hydrogen-bond acceptors (Lipinski definition) is 4. The van der Waals surface area contributed by atoms with Gasteiger partial charge in [-0.1, -0.05) is 92.2 Å². The molecular weight excluding hydrogens is 414 g/mol. The number of carboxylic acids is 1. The van der Waals surface area contributed by atoms with Crippen LogP contribution in [-0.4, -0.2) is 17.7 Å². The highest BCUT2D eigenvalue weighted by molar-refractivity contribution is 5.68. The van der Waals surface area contributed by atoms with Gasteiger partial charge in [-0.2, -0.15) is 0 Å². The average molecular weight is 446 g/mol. The molecular formula is C28H31NO4. The molecule has 33 heavy (non-hydrogen) atoms. The lowest BCUT2D eigenvalue weighted by Crippen LogP contribution is -2.19. The minimum absolute atomic E-state index is 0.212. The Hall–Kier alpha value is -3.57. The van der Waals surface area contributed by atoms with E-state index >= 15 is 0 Å². The van der Waals surface area contributed by atoms with E-state index in [0.29, 0.717) is 5.75 Å². The smallest absolute Gasteiger partial charge is 0.341 e. The molecule has 0 aliphatic heterocycles. The molecule has 0 spiro atoms. The van der Waals surface area contributed by atoms with E-state index in [0.717, 1.165) is 48.1 Å². The van der Waals surface area contributed by atoms with Crippen LogP contribution < -0.4 is 10.2 Å². The Labute approximate surface area is 195 Å². The molecule has 2 N–H and O–H groups in total. The fraction of sp³-hybridized carbons (Fsp3) is 0.250. The maximum atomic E-state index is 10.7. The number of rotatable bonds is 13. The lowest BCUT2D eigenvalue weighted by Gasteiger charge is -2.21. The summed E-state index contributed by atoms with van der Waals surface area (Å²) < 4.78 is 5.28. The number of hydroxylamine groups is 1. The van der Waals surface area contributed by atoms with Crippen molar-refractivity contribution in [2.45, 2.75) is 38.7 Å². The quantitative estimate of drug-likeness (QED) is 0.312. The van der Waals surface area contributed by atoms with Crippen LogP contribution >= 0.6 is 0 Å². The number of hydrogen-bond donors (Lipinski definition) is 2. The van der Waals surface area contributed by atoms with E-state index in [1.165, 1.54) is 0 Å². The van der Waals surface area contributed by atoms with Crippen molar-refractivity contribution in [3.8, 4) is 5.75 Å². The van der Waals surface area contributed by atoms with E-state index < -0.39 is 5.97 Å². The molecule has 0 saturated carbocycles. The molecule has 3 aromatic rings. The summed E-state index contributed by atoms with van der Waals surface area (Å²) in [5.41, 5.74) is 7.54. The molecule has 0 aliphatic rings. The number of aliphatic carboxylic acids is 1. The molecule has 0 aliphatic carbocycles. The summed E-state index contributed by atoms with van der Waals surface area (Å²) >= 11 is 0. The van der Waals surface area contributed by atoms with Crippen LogP contribution in [0.2, 0.25) is 0 Å². The van der Waals surface area contributed by atoms with Gasteiger partial charge in [-0.25, -0.2) is 4.79 Å². The lowest BCUT2D eigenvalue weighted by atomic mass is 10.0. The van der Waals surface area contributed by atoms with Crippen LogP contribution in [-0.2, 0) is 16.1 Å². The molecule has 0 radical (unpaired) electrons. The van der Waals surface area contributed by atoms with Gasteiger partial charge in [-0.3, -0.25) is 10.3 Å². The first kappa shape index (κ1) is 24.1. The van der Waals surface area contributed by atoms with E-state index in [1.807, 2.05) is 54.6 Å². The van der Waals surface area contributed by atoms with Crippen molar-refractivity contribution in [3.63, 3.8) is 0 Å². The fourth-order valence-corrected chi connectivity index (χ4v) is 3.53. The zero-order valence-corrected chi connectivity index (χ0v) is 18.9. The zero-order valence-electron chi connectivity index (χ0n) is 18.9. The zero-order chi connectivity index (χ0) is 23.3. The first-order valence-electron chi connectivity index (χ1n) is 11.3. The summed E-state index contributed by atoms with van der Waals surface area (Å²) in [6.45, 7) is 1.81. The molecule has 172 valence electrons. The molecule has 5 nitrogen and oxygen atoms in total. The Bertz CT molecular complexity index is 979. The molecule has 0 amide bonds. The standard InChI is InChI=1S/C28H31NO4/c1-2-11-25(18-9-12-22-13-10-19-26(20-22)32-21-27(30)31)29-33-28(23-14-5-3-6-15-23)24-16-7-4-8-17-24/h3-8,10,13-20,28-29H,2,9,11-12,21H2,1H3,(H,30,31). The molecule has 0 heterocycles. The van der Waals surface area contributed by atoms with Gasteiger partial charge < -0.3 is 9.84 Å². The van der Waals surface area contributed by atoms with Crippen LogP contribution in [0, 0.1) is 0 Å². The van der Waals surface area contributed by atoms with Gasteiger partial charge in [0, 0.05) is 5.70 Å². The molecule has 5 heteroatoms. The second kappa shape index (κ2) is 13.1.